The van der Waals surface area contributed by atoms with Crippen LogP contribution in [0.4, 0.5) is 5.69 Å². The Kier molecular flexibility index (Phi) is 14.4. The van der Waals surface area contributed by atoms with Gasteiger partial charge < -0.3 is 14.8 Å². The zero-order valence-corrected chi connectivity index (χ0v) is 23.9. The summed E-state index contributed by atoms with van der Waals surface area (Å²) in [5.74, 6) is 1.10. The molecule has 1 amide bonds. The number of carbonyl (C=O) groups is 1. The van der Waals surface area contributed by atoms with E-state index < -0.39 is 0 Å². The molecule has 0 aliphatic carbocycles. The molecule has 0 radical (unpaired) electrons. The van der Waals surface area contributed by atoms with Gasteiger partial charge in [0.05, 0.1) is 17.7 Å². The van der Waals surface area contributed by atoms with Crippen LogP contribution in [0.1, 0.15) is 89.5 Å². The van der Waals surface area contributed by atoms with Crippen LogP contribution in [-0.2, 0) is 11.3 Å². The number of rotatable bonds is 20. The van der Waals surface area contributed by atoms with Gasteiger partial charge in [0.25, 0.3) is 5.91 Å². The molecule has 3 aromatic rings. The molecule has 1 aromatic heterocycles. The Hall–Kier alpha value is -2.86. The fourth-order valence-electron chi connectivity index (χ4n) is 4.47. The molecule has 0 atom stereocenters. The van der Waals surface area contributed by atoms with E-state index in [1.54, 1.807) is 11.3 Å². The second-order valence-corrected chi connectivity index (χ2v) is 10.6. The molecule has 206 valence electrons. The van der Waals surface area contributed by atoms with Gasteiger partial charge in [-0.3, -0.25) is 4.79 Å². The van der Waals surface area contributed by atoms with Gasteiger partial charge in [0.1, 0.15) is 0 Å². The average Bonchev–Trinajstić information content (AvgIpc) is 3.45. The number of anilines is 1. The number of ether oxygens (including phenoxy) is 2. The van der Waals surface area contributed by atoms with Gasteiger partial charge in [-0.25, -0.2) is 0 Å². The van der Waals surface area contributed by atoms with Crippen molar-refractivity contribution in [2.45, 2.75) is 90.5 Å². The summed E-state index contributed by atoms with van der Waals surface area (Å²) in [6.07, 6.45) is 17.9. The van der Waals surface area contributed by atoms with Crippen molar-refractivity contribution in [3.63, 3.8) is 0 Å². The lowest BCUT2D eigenvalue weighted by Gasteiger charge is -2.13. The molecule has 0 aliphatic rings. The second kappa shape index (κ2) is 18.4. The lowest BCUT2D eigenvalue weighted by molar-refractivity contribution is -0.683. The lowest BCUT2D eigenvalue weighted by Crippen LogP contribution is -2.31. The Morgan fingerprint density at radius 3 is 2.05 bits per heavy atom. The molecule has 38 heavy (non-hydrogen) atoms. The number of hydrogen-bond donors (Lipinski definition) is 1. The van der Waals surface area contributed by atoms with Crippen LogP contribution in [0.5, 0.6) is 11.5 Å². The maximum atomic E-state index is 12.7. The highest BCUT2D eigenvalue weighted by Gasteiger charge is 2.12. The number of amides is 1. The molecule has 3 rings (SSSR count). The highest BCUT2D eigenvalue weighted by Crippen LogP contribution is 2.27. The molecule has 0 saturated carbocycles. The van der Waals surface area contributed by atoms with E-state index >= 15 is 0 Å². The summed E-state index contributed by atoms with van der Waals surface area (Å²) < 4.78 is 13.9. The van der Waals surface area contributed by atoms with Crippen LogP contribution in [0.3, 0.4) is 0 Å². The summed E-state index contributed by atoms with van der Waals surface area (Å²) in [7, 11) is 0. The van der Waals surface area contributed by atoms with Gasteiger partial charge in [-0.05, 0) is 24.6 Å². The van der Waals surface area contributed by atoms with Crippen LogP contribution in [0.15, 0.2) is 65.6 Å². The first kappa shape index (κ1) is 29.7. The summed E-state index contributed by atoms with van der Waals surface area (Å²) in [4.78, 5) is 12.7. The highest BCUT2D eigenvalue weighted by molar-refractivity contribution is 7.07. The normalized spacial score (nSPS) is 10.9. The van der Waals surface area contributed by atoms with Crippen LogP contribution in [0.25, 0.3) is 0 Å². The minimum Gasteiger partial charge on any atom is -0.490 e. The Labute approximate surface area is 233 Å². The minimum absolute atomic E-state index is 0.0705. The largest absolute Gasteiger partial charge is 0.490 e. The summed E-state index contributed by atoms with van der Waals surface area (Å²) >= 11 is 1.64. The molecular weight excluding hydrogens is 492 g/mol. The molecule has 0 unspecified atom stereocenters. The molecule has 5 nitrogen and oxygen atoms in total. The van der Waals surface area contributed by atoms with Gasteiger partial charge in [-0.15, -0.1) is 0 Å². The first-order chi connectivity index (χ1) is 18.8. The third kappa shape index (κ3) is 11.7. The maximum Gasteiger partial charge on any atom is 0.262 e. The summed E-state index contributed by atoms with van der Waals surface area (Å²) in [6.45, 7) is 3.57. The molecule has 0 spiro atoms. The molecule has 6 heteroatoms. The predicted octanol–water partition coefficient (Wildman–Crippen LogP) is 8.18. The fourth-order valence-corrected chi connectivity index (χ4v) is 5.07. The van der Waals surface area contributed by atoms with E-state index in [9.17, 15) is 4.79 Å². The Morgan fingerprint density at radius 2 is 1.39 bits per heavy atom. The van der Waals surface area contributed by atoms with E-state index in [0.29, 0.717) is 24.7 Å². The van der Waals surface area contributed by atoms with E-state index in [4.69, 9.17) is 9.47 Å². The number of unbranched alkanes of at least 4 members (excludes halogenated alkanes) is 11. The van der Waals surface area contributed by atoms with E-state index in [1.165, 1.54) is 70.6 Å². The Morgan fingerprint density at radius 1 is 0.789 bits per heavy atom. The number of benzene rings is 2. The van der Waals surface area contributed by atoms with Crippen molar-refractivity contribution in [3.05, 3.63) is 71.2 Å². The van der Waals surface area contributed by atoms with E-state index in [2.05, 4.69) is 22.3 Å². The van der Waals surface area contributed by atoms with Crippen LogP contribution < -0.4 is 19.4 Å². The quantitative estimate of drug-likeness (QED) is 0.117. The van der Waals surface area contributed by atoms with Crippen molar-refractivity contribution in [2.24, 2.45) is 0 Å². The lowest BCUT2D eigenvalue weighted by atomic mass is 10.1. The van der Waals surface area contributed by atoms with Crippen LogP contribution in [-0.4, -0.2) is 19.1 Å². The topological polar surface area (TPSA) is 51.4 Å². The number of nitrogens with one attached hydrogen (secondary N) is 1. The third-order valence-electron chi connectivity index (χ3n) is 6.63. The number of thiazole rings is 1. The zero-order valence-electron chi connectivity index (χ0n) is 23.0. The second-order valence-electron chi connectivity index (χ2n) is 9.88. The molecule has 0 fully saturated rings. The van der Waals surface area contributed by atoms with E-state index in [-0.39, 0.29) is 12.5 Å². The molecule has 0 saturated heterocycles. The molecular formula is C32H45N2O3S+. The smallest absolute Gasteiger partial charge is 0.262 e. The average molecular weight is 538 g/mol. The molecule has 2 aromatic carbocycles. The molecule has 0 aliphatic heterocycles. The van der Waals surface area contributed by atoms with Crippen molar-refractivity contribution < 1.29 is 18.8 Å². The van der Waals surface area contributed by atoms with Gasteiger partial charge in [0.2, 0.25) is 5.51 Å². The number of hydrogen-bond acceptors (Lipinski definition) is 4. The summed E-state index contributed by atoms with van der Waals surface area (Å²) in [5, 5.41) is 5.03. The summed E-state index contributed by atoms with van der Waals surface area (Å²) in [6, 6.07) is 15.5. The van der Waals surface area contributed by atoms with Crippen molar-refractivity contribution >= 4 is 22.9 Å². The minimum atomic E-state index is -0.191. The summed E-state index contributed by atoms with van der Waals surface area (Å²) in [5.41, 5.74) is 3.90. The SMILES string of the molecule is CCCCCCCCCCCCCCOc1ccccc1OCC(=O)Nc1ccccc1C[n+]1ccsc1. The molecule has 1 N–H and O–H groups in total. The van der Waals surface area contributed by atoms with Gasteiger partial charge in [0, 0.05) is 5.56 Å². The van der Waals surface area contributed by atoms with E-state index in [0.717, 1.165) is 17.7 Å². The van der Waals surface area contributed by atoms with Crippen molar-refractivity contribution in [2.75, 3.05) is 18.5 Å². The highest BCUT2D eigenvalue weighted by atomic mass is 32.1. The standard InChI is InChI=1S/C32H44N2O3S/c1-2-3-4-5-6-7-8-9-10-11-12-17-23-36-30-20-15-16-21-31(30)37-26-32(35)33-29-19-14-13-18-28(29)25-34-22-24-38-27-34/h13-16,18-22,24,27H,2-12,17,23,25-26H2,1H3/p+1. The first-order valence-electron chi connectivity index (χ1n) is 14.4. The van der Waals surface area contributed by atoms with Gasteiger partial charge in [-0.2, -0.15) is 4.57 Å². The van der Waals surface area contributed by atoms with E-state index in [1.807, 2.05) is 60.1 Å². The number of aromatic nitrogens is 1. The maximum absolute atomic E-state index is 12.7. The molecule has 1 heterocycles. The number of carbonyl (C=O) groups excluding carboxylic acids is 1. The van der Waals surface area contributed by atoms with Crippen molar-refractivity contribution in [3.8, 4) is 11.5 Å². The molecule has 0 bridgehead atoms. The van der Waals surface area contributed by atoms with Gasteiger partial charge >= 0.3 is 0 Å². The van der Waals surface area contributed by atoms with Crippen LogP contribution in [0, 0.1) is 0 Å². The van der Waals surface area contributed by atoms with Crippen molar-refractivity contribution in [1.82, 2.24) is 0 Å². The van der Waals surface area contributed by atoms with Crippen molar-refractivity contribution in [1.29, 1.82) is 0 Å². The number of para-hydroxylation sites is 3. The first-order valence-corrected chi connectivity index (χ1v) is 15.3. The Bertz CT molecular complexity index is 1040. The zero-order chi connectivity index (χ0) is 26.7. The monoisotopic (exact) mass is 537 g/mol. The van der Waals surface area contributed by atoms with Crippen LogP contribution in [0.2, 0.25) is 0 Å². The predicted molar refractivity (Wildman–Crippen MR) is 157 cm³/mol. The fraction of sp³-hybridized carbons (Fsp3) is 0.500. The van der Waals surface area contributed by atoms with Gasteiger partial charge in [0.15, 0.2) is 30.8 Å². The Balaban J connectivity index is 1.31. The third-order valence-corrected chi connectivity index (χ3v) is 7.31. The van der Waals surface area contributed by atoms with Gasteiger partial charge in [-0.1, -0.05) is 119 Å². The van der Waals surface area contributed by atoms with Crippen LogP contribution >= 0.6 is 11.3 Å². The number of nitrogens with zero attached hydrogens (tertiary/aromatic N) is 1.